The maximum atomic E-state index is 13.0. The van der Waals surface area contributed by atoms with Crippen LogP contribution in [-0.4, -0.2) is 30.5 Å². The first-order valence-electron chi connectivity index (χ1n) is 8.27. The summed E-state index contributed by atoms with van der Waals surface area (Å²) in [6.07, 6.45) is 3.43. The van der Waals surface area contributed by atoms with Crippen LogP contribution in [0.4, 0.5) is 11.5 Å². The number of para-hydroxylation sites is 1. The van der Waals surface area contributed by atoms with Crippen molar-refractivity contribution in [2.24, 2.45) is 5.92 Å². The number of hydrogen-bond donors (Lipinski definition) is 0. The van der Waals surface area contributed by atoms with E-state index in [-0.39, 0.29) is 11.8 Å². The summed E-state index contributed by atoms with van der Waals surface area (Å²) in [7, 11) is 0. The molecule has 1 aromatic heterocycles. The lowest BCUT2D eigenvalue weighted by Gasteiger charge is -2.22. The van der Waals surface area contributed by atoms with E-state index in [0.717, 1.165) is 31.6 Å². The number of anilines is 2. The van der Waals surface area contributed by atoms with Gasteiger partial charge in [0.1, 0.15) is 11.9 Å². The molecule has 1 atom stereocenters. The van der Waals surface area contributed by atoms with Crippen molar-refractivity contribution >= 4 is 17.4 Å². The largest absolute Gasteiger partial charge is 0.355 e. The SMILES string of the molecule is N#Cc1cccnc1N1CCC(C(=O)N2CCc3ccccc32)C1. The minimum absolute atomic E-state index is 0.0373. The van der Waals surface area contributed by atoms with Gasteiger partial charge in [-0.3, -0.25) is 4.79 Å². The second-order valence-corrected chi connectivity index (χ2v) is 6.29. The van der Waals surface area contributed by atoms with Crippen molar-refractivity contribution in [3.8, 4) is 6.07 Å². The molecule has 1 amide bonds. The molecule has 1 saturated heterocycles. The average Bonchev–Trinajstić information content (AvgIpc) is 3.28. The Morgan fingerprint density at radius 2 is 2.08 bits per heavy atom. The Hall–Kier alpha value is -2.87. The van der Waals surface area contributed by atoms with Crippen LogP contribution in [0.3, 0.4) is 0 Å². The Labute approximate surface area is 141 Å². The number of carbonyl (C=O) groups is 1. The predicted molar refractivity (Wildman–Crippen MR) is 91.8 cm³/mol. The van der Waals surface area contributed by atoms with Gasteiger partial charge in [0.15, 0.2) is 0 Å². The molecule has 1 aromatic carbocycles. The molecule has 120 valence electrons. The number of amides is 1. The van der Waals surface area contributed by atoms with Gasteiger partial charge in [-0.1, -0.05) is 18.2 Å². The molecule has 3 heterocycles. The highest BCUT2D eigenvalue weighted by Crippen LogP contribution is 2.32. The molecule has 2 aromatic rings. The fourth-order valence-corrected chi connectivity index (χ4v) is 3.68. The molecule has 0 aliphatic carbocycles. The summed E-state index contributed by atoms with van der Waals surface area (Å²) < 4.78 is 0. The quantitative estimate of drug-likeness (QED) is 0.853. The van der Waals surface area contributed by atoms with Crippen LogP contribution < -0.4 is 9.80 Å². The Balaban J connectivity index is 1.52. The van der Waals surface area contributed by atoms with Crippen molar-refractivity contribution in [3.63, 3.8) is 0 Å². The summed E-state index contributed by atoms with van der Waals surface area (Å²) in [6, 6.07) is 13.9. The van der Waals surface area contributed by atoms with Gasteiger partial charge >= 0.3 is 0 Å². The number of nitriles is 1. The first-order valence-corrected chi connectivity index (χ1v) is 8.27. The van der Waals surface area contributed by atoms with Gasteiger partial charge in [-0.2, -0.15) is 5.26 Å². The minimum atomic E-state index is -0.0373. The Morgan fingerprint density at radius 1 is 1.21 bits per heavy atom. The van der Waals surface area contributed by atoms with Crippen LogP contribution in [0.5, 0.6) is 0 Å². The molecule has 5 heteroatoms. The highest BCUT2D eigenvalue weighted by molar-refractivity contribution is 5.97. The van der Waals surface area contributed by atoms with Gasteiger partial charge in [0.2, 0.25) is 5.91 Å². The number of benzene rings is 1. The lowest BCUT2D eigenvalue weighted by Crippen LogP contribution is -2.36. The molecule has 0 spiro atoms. The smallest absolute Gasteiger partial charge is 0.231 e. The summed E-state index contributed by atoms with van der Waals surface area (Å²) in [4.78, 5) is 21.3. The van der Waals surface area contributed by atoms with E-state index in [4.69, 9.17) is 0 Å². The second-order valence-electron chi connectivity index (χ2n) is 6.29. The van der Waals surface area contributed by atoms with Crippen molar-refractivity contribution < 1.29 is 4.79 Å². The third kappa shape index (κ3) is 2.41. The zero-order valence-electron chi connectivity index (χ0n) is 13.4. The third-order valence-corrected chi connectivity index (χ3v) is 4.90. The van der Waals surface area contributed by atoms with Crippen molar-refractivity contribution in [3.05, 3.63) is 53.7 Å². The van der Waals surface area contributed by atoms with Crippen LogP contribution in [0.25, 0.3) is 0 Å². The fourth-order valence-electron chi connectivity index (χ4n) is 3.68. The van der Waals surface area contributed by atoms with E-state index in [1.165, 1.54) is 5.56 Å². The molecule has 24 heavy (non-hydrogen) atoms. The summed E-state index contributed by atoms with van der Waals surface area (Å²) >= 11 is 0. The standard InChI is InChI=1S/C19H18N4O/c20-12-15-5-3-9-21-18(15)22-10-7-16(13-22)19(24)23-11-8-14-4-1-2-6-17(14)23/h1-6,9,16H,7-8,10-11,13H2. The van der Waals surface area contributed by atoms with Gasteiger partial charge < -0.3 is 9.80 Å². The summed E-state index contributed by atoms with van der Waals surface area (Å²) in [5.74, 6) is 0.846. The molecule has 0 N–H and O–H groups in total. The van der Waals surface area contributed by atoms with E-state index in [1.54, 1.807) is 18.3 Å². The molecular weight excluding hydrogens is 300 g/mol. The fraction of sp³-hybridized carbons (Fsp3) is 0.316. The number of pyridine rings is 1. The molecule has 0 radical (unpaired) electrons. The maximum Gasteiger partial charge on any atom is 0.231 e. The molecule has 5 nitrogen and oxygen atoms in total. The number of carbonyl (C=O) groups excluding carboxylic acids is 1. The van der Waals surface area contributed by atoms with E-state index in [1.807, 2.05) is 23.1 Å². The number of aromatic nitrogens is 1. The van der Waals surface area contributed by atoms with E-state index in [9.17, 15) is 10.1 Å². The lowest BCUT2D eigenvalue weighted by atomic mass is 10.1. The summed E-state index contributed by atoms with van der Waals surface area (Å²) in [5.41, 5.74) is 2.87. The van der Waals surface area contributed by atoms with E-state index >= 15 is 0 Å². The summed E-state index contributed by atoms with van der Waals surface area (Å²) in [6.45, 7) is 2.16. The van der Waals surface area contributed by atoms with Crippen molar-refractivity contribution in [1.82, 2.24) is 4.98 Å². The van der Waals surface area contributed by atoms with Gasteiger partial charge in [-0.25, -0.2) is 4.98 Å². The molecule has 0 bridgehead atoms. The van der Waals surface area contributed by atoms with Crippen LogP contribution in [0, 0.1) is 17.2 Å². The molecule has 2 aliphatic rings. The van der Waals surface area contributed by atoms with E-state index < -0.39 is 0 Å². The highest BCUT2D eigenvalue weighted by Gasteiger charge is 2.35. The minimum Gasteiger partial charge on any atom is -0.355 e. The summed E-state index contributed by atoms with van der Waals surface area (Å²) in [5, 5.41) is 9.24. The van der Waals surface area contributed by atoms with Gasteiger partial charge in [0, 0.05) is 31.5 Å². The molecule has 4 rings (SSSR count). The van der Waals surface area contributed by atoms with E-state index in [0.29, 0.717) is 17.9 Å². The predicted octanol–water partition coefficient (Wildman–Crippen LogP) is 2.37. The molecule has 1 fully saturated rings. The number of hydrogen-bond acceptors (Lipinski definition) is 4. The topological polar surface area (TPSA) is 60.2 Å². The van der Waals surface area contributed by atoms with Crippen molar-refractivity contribution in [2.75, 3.05) is 29.4 Å². The molecule has 1 unspecified atom stereocenters. The average molecular weight is 318 g/mol. The van der Waals surface area contributed by atoms with Gasteiger partial charge in [-0.05, 0) is 36.6 Å². The zero-order chi connectivity index (χ0) is 16.5. The third-order valence-electron chi connectivity index (χ3n) is 4.90. The monoisotopic (exact) mass is 318 g/mol. The molecule has 2 aliphatic heterocycles. The van der Waals surface area contributed by atoms with Gasteiger partial charge in [0.05, 0.1) is 11.5 Å². The van der Waals surface area contributed by atoms with Gasteiger partial charge in [0.25, 0.3) is 0 Å². The van der Waals surface area contributed by atoms with Crippen LogP contribution in [-0.2, 0) is 11.2 Å². The normalized spacial score (nSPS) is 19.2. The molecule has 0 saturated carbocycles. The number of fused-ring (bicyclic) bond motifs is 1. The zero-order valence-corrected chi connectivity index (χ0v) is 13.4. The lowest BCUT2D eigenvalue weighted by molar-refractivity contribution is -0.121. The number of rotatable bonds is 2. The first kappa shape index (κ1) is 14.7. The Kier molecular flexibility index (Phi) is 3.66. The van der Waals surface area contributed by atoms with E-state index in [2.05, 4.69) is 22.0 Å². The van der Waals surface area contributed by atoms with Crippen LogP contribution in [0.1, 0.15) is 17.5 Å². The van der Waals surface area contributed by atoms with Crippen molar-refractivity contribution in [2.45, 2.75) is 12.8 Å². The first-order chi connectivity index (χ1) is 11.8. The Bertz CT molecular complexity index is 826. The van der Waals surface area contributed by atoms with Crippen LogP contribution >= 0.6 is 0 Å². The molecular formula is C19H18N4O. The Morgan fingerprint density at radius 3 is 2.96 bits per heavy atom. The van der Waals surface area contributed by atoms with Gasteiger partial charge in [-0.15, -0.1) is 0 Å². The maximum absolute atomic E-state index is 13.0. The van der Waals surface area contributed by atoms with Crippen LogP contribution in [0.2, 0.25) is 0 Å². The number of nitrogens with zero attached hydrogens (tertiary/aromatic N) is 4. The second kappa shape index (κ2) is 5.97. The van der Waals surface area contributed by atoms with Crippen molar-refractivity contribution in [1.29, 1.82) is 5.26 Å². The van der Waals surface area contributed by atoms with Crippen LogP contribution in [0.15, 0.2) is 42.6 Å². The highest BCUT2D eigenvalue weighted by atomic mass is 16.2.